The van der Waals surface area contributed by atoms with E-state index in [1.165, 1.54) is 10.5 Å². The minimum atomic E-state index is 0.735. The summed E-state index contributed by atoms with van der Waals surface area (Å²) in [6.45, 7) is 2.97. The Labute approximate surface area is 133 Å². The van der Waals surface area contributed by atoms with E-state index in [-0.39, 0.29) is 0 Å². The summed E-state index contributed by atoms with van der Waals surface area (Å²) in [7, 11) is 3.91. The van der Waals surface area contributed by atoms with E-state index in [0.717, 1.165) is 44.0 Å². The molecular weight excluding hydrogens is 274 g/mol. The fourth-order valence-electron chi connectivity index (χ4n) is 2.48. The Hall–Kier alpha value is -2.00. The number of hydrogen-bond acceptors (Lipinski definition) is 2. The summed E-state index contributed by atoms with van der Waals surface area (Å²) in [5.41, 5.74) is 1.39. The number of nitrogens with one attached hydrogen (secondary N) is 1. The fourth-order valence-corrected chi connectivity index (χ4v) is 2.48. The van der Waals surface area contributed by atoms with E-state index in [9.17, 15) is 0 Å². The van der Waals surface area contributed by atoms with E-state index in [1.54, 1.807) is 7.11 Å². The van der Waals surface area contributed by atoms with Crippen molar-refractivity contribution in [1.29, 1.82) is 0 Å². The van der Waals surface area contributed by atoms with Gasteiger partial charge in [-0.1, -0.05) is 42.5 Å². The molecule has 2 rings (SSSR count). The lowest BCUT2D eigenvalue weighted by Gasteiger charge is -2.14. The maximum atomic E-state index is 5.79. The zero-order valence-electron chi connectivity index (χ0n) is 13.5. The Bertz CT molecular complexity index is 542. The maximum Gasteiger partial charge on any atom is 0.161 e. The Morgan fingerprint density at radius 1 is 0.864 bits per heavy atom. The topological polar surface area (TPSA) is 22.9 Å². The summed E-state index contributed by atoms with van der Waals surface area (Å²) >= 11 is 0. The number of para-hydroxylation sites is 2. The van der Waals surface area contributed by atoms with Crippen molar-refractivity contribution >= 4 is 0 Å². The Morgan fingerprint density at radius 2 is 1.55 bits per heavy atom. The molecule has 0 radical (unpaired) electrons. The summed E-state index contributed by atoms with van der Waals surface area (Å²) in [5, 5.41) is 0. The van der Waals surface area contributed by atoms with Crippen LogP contribution in [0.3, 0.4) is 0 Å². The quantitative estimate of drug-likeness (QED) is 0.719. The zero-order chi connectivity index (χ0) is 15.6. The van der Waals surface area contributed by atoms with Crippen LogP contribution >= 0.6 is 0 Å². The predicted molar refractivity (Wildman–Crippen MR) is 89.6 cm³/mol. The maximum absolute atomic E-state index is 5.79. The highest BCUT2D eigenvalue weighted by Gasteiger charge is 2.05. The first-order chi connectivity index (χ1) is 10.8. The van der Waals surface area contributed by atoms with Gasteiger partial charge in [0.15, 0.2) is 11.5 Å². The third-order valence-electron chi connectivity index (χ3n) is 3.67. The normalized spacial score (nSPS) is 11.9. The second-order valence-electron chi connectivity index (χ2n) is 5.58. The molecule has 118 valence electrons. The van der Waals surface area contributed by atoms with Crippen molar-refractivity contribution in [2.45, 2.75) is 19.4 Å². The van der Waals surface area contributed by atoms with Crippen LogP contribution < -0.4 is 14.4 Å². The van der Waals surface area contributed by atoms with Crippen LogP contribution in [0, 0.1) is 0 Å². The van der Waals surface area contributed by atoms with Gasteiger partial charge in [0.25, 0.3) is 0 Å². The summed E-state index contributed by atoms with van der Waals surface area (Å²) < 4.78 is 11.1. The van der Waals surface area contributed by atoms with Gasteiger partial charge in [-0.05, 0) is 25.0 Å². The molecule has 22 heavy (non-hydrogen) atoms. The number of unbranched alkanes of at least 4 members (excludes halogenated alkanes) is 1. The number of hydrogen-bond donors (Lipinski definition) is 1. The van der Waals surface area contributed by atoms with Crippen molar-refractivity contribution < 1.29 is 14.4 Å². The molecule has 0 saturated carbocycles. The molecule has 0 spiro atoms. The second kappa shape index (κ2) is 9.11. The van der Waals surface area contributed by atoms with Gasteiger partial charge < -0.3 is 14.4 Å². The van der Waals surface area contributed by atoms with Crippen molar-refractivity contribution in [3.8, 4) is 11.5 Å². The van der Waals surface area contributed by atoms with Crippen LogP contribution in [0.25, 0.3) is 0 Å². The third kappa shape index (κ3) is 5.41. The molecule has 0 aliphatic rings. The molecule has 0 aliphatic heterocycles. The summed E-state index contributed by atoms with van der Waals surface area (Å²) in [4.78, 5) is 1.53. The van der Waals surface area contributed by atoms with Crippen LogP contribution in [-0.2, 0) is 6.54 Å². The number of quaternary nitrogens is 1. The van der Waals surface area contributed by atoms with Gasteiger partial charge in [0.1, 0.15) is 6.54 Å². The molecule has 0 bridgehead atoms. The standard InChI is InChI=1S/C19H25NO2/c1-20(16-17-10-4-3-5-11-17)14-8-9-15-22-19-13-7-6-12-18(19)21-2/h3-7,10-13H,8-9,14-16H2,1-2H3/p+1. The molecule has 1 N–H and O–H groups in total. The fraction of sp³-hybridized carbons (Fsp3) is 0.368. The van der Waals surface area contributed by atoms with E-state index in [0.29, 0.717) is 0 Å². The Morgan fingerprint density at radius 3 is 2.27 bits per heavy atom. The van der Waals surface area contributed by atoms with Crippen molar-refractivity contribution in [3.63, 3.8) is 0 Å². The van der Waals surface area contributed by atoms with Crippen molar-refractivity contribution in [3.05, 3.63) is 60.2 Å². The van der Waals surface area contributed by atoms with Crippen LogP contribution in [0.15, 0.2) is 54.6 Å². The van der Waals surface area contributed by atoms with Gasteiger partial charge in [0.2, 0.25) is 0 Å². The van der Waals surface area contributed by atoms with Crippen LogP contribution in [0.5, 0.6) is 11.5 Å². The van der Waals surface area contributed by atoms with Crippen LogP contribution in [0.2, 0.25) is 0 Å². The first-order valence-electron chi connectivity index (χ1n) is 7.90. The first-order valence-corrected chi connectivity index (χ1v) is 7.90. The highest BCUT2D eigenvalue weighted by Crippen LogP contribution is 2.25. The molecule has 0 aromatic heterocycles. The zero-order valence-corrected chi connectivity index (χ0v) is 13.5. The third-order valence-corrected chi connectivity index (χ3v) is 3.67. The lowest BCUT2D eigenvalue weighted by atomic mass is 10.2. The lowest BCUT2D eigenvalue weighted by molar-refractivity contribution is -0.894. The summed E-state index contributed by atoms with van der Waals surface area (Å²) in [5.74, 6) is 1.63. The molecule has 0 fully saturated rings. The summed E-state index contributed by atoms with van der Waals surface area (Å²) in [6.07, 6.45) is 2.22. The molecule has 1 atom stereocenters. The van der Waals surface area contributed by atoms with E-state index in [2.05, 4.69) is 37.4 Å². The molecule has 0 saturated heterocycles. The molecule has 0 amide bonds. The SMILES string of the molecule is COc1ccccc1OCCCC[NH+](C)Cc1ccccc1. The average Bonchev–Trinajstić information content (AvgIpc) is 2.56. The molecule has 3 heteroatoms. The van der Waals surface area contributed by atoms with Crippen LogP contribution in [0.4, 0.5) is 0 Å². The molecule has 2 aromatic rings. The van der Waals surface area contributed by atoms with Crippen molar-refractivity contribution in [1.82, 2.24) is 0 Å². The molecular formula is C19H26NO2+. The summed E-state index contributed by atoms with van der Waals surface area (Å²) in [6, 6.07) is 18.4. The number of benzene rings is 2. The minimum absolute atomic E-state index is 0.735. The van der Waals surface area contributed by atoms with Gasteiger partial charge in [-0.2, -0.15) is 0 Å². The van der Waals surface area contributed by atoms with Crippen molar-refractivity contribution in [2.75, 3.05) is 27.3 Å². The van der Waals surface area contributed by atoms with Gasteiger partial charge in [0, 0.05) is 5.56 Å². The van der Waals surface area contributed by atoms with Gasteiger partial charge in [-0.3, -0.25) is 0 Å². The number of ether oxygens (including phenoxy) is 2. The molecule has 2 aromatic carbocycles. The Balaban J connectivity index is 1.63. The number of rotatable bonds is 9. The highest BCUT2D eigenvalue weighted by atomic mass is 16.5. The predicted octanol–water partition coefficient (Wildman–Crippen LogP) is 2.57. The van der Waals surface area contributed by atoms with Crippen molar-refractivity contribution in [2.24, 2.45) is 0 Å². The van der Waals surface area contributed by atoms with E-state index >= 15 is 0 Å². The second-order valence-corrected chi connectivity index (χ2v) is 5.58. The molecule has 3 nitrogen and oxygen atoms in total. The molecule has 1 unspecified atom stereocenters. The van der Waals surface area contributed by atoms with E-state index in [4.69, 9.17) is 9.47 Å². The first kappa shape index (κ1) is 16.4. The van der Waals surface area contributed by atoms with E-state index < -0.39 is 0 Å². The lowest BCUT2D eigenvalue weighted by Crippen LogP contribution is -3.07. The molecule has 0 heterocycles. The van der Waals surface area contributed by atoms with E-state index in [1.807, 2.05) is 24.3 Å². The molecule has 0 aliphatic carbocycles. The van der Waals surface area contributed by atoms with Gasteiger partial charge >= 0.3 is 0 Å². The van der Waals surface area contributed by atoms with Gasteiger partial charge in [-0.15, -0.1) is 0 Å². The number of methoxy groups -OCH3 is 1. The monoisotopic (exact) mass is 300 g/mol. The Kier molecular flexibility index (Phi) is 6.78. The van der Waals surface area contributed by atoms with Gasteiger partial charge in [0.05, 0.1) is 27.3 Å². The average molecular weight is 300 g/mol. The van der Waals surface area contributed by atoms with Crippen LogP contribution in [0.1, 0.15) is 18.4 Å². The minimum Gasteiger partial charge on any atom is -0.493 e. The smallest absolute Gasteiger partial charge is 0.161 e. The van der Waals surface area contributed by atoms with Crippen LogP contribution in [-0.4, -0.2) is 27.3 Å². The van der Waals surface area contributed by atoms with Gasteiger partial charge in [-0.25, -0.2) is 0 Å². The highest BCUT2D eigenvalue weighted by molar-refractivity contribution is 5.39. The largest absolute Gasteiger partial charge is 0.493 e.